The maximum absolute atomic E-state index is 5.87. The molecule has 17 heavy (non-hydrogen) atoms. The van der Waals surface area contributed by atoms with Gasteiger partial charge in [0.05, 0.1) is 5.69 Å². The number of rotatable bonds is 3. The highest BCUT2D eigenvalue weighted by molar-refractivity contribution is 5.34. The third-order valence-corrected chi connectivity index (χ3v) is 2.67. The van der Waals surface area contributed by atoms with Crippen molar-refractivity contribution in [1.29, 1.82) is 0 Å². The number of hydrogen-bond donors (Lipinski definition) is 0. The molecule has 0 unspecified atom stereocenters. The minimum absolute atomic E-state index is 0.343. The van der Waals surface area contributed by atoms with Gasteiger partial charge in [-0.2, -0.15) is 0 Å². The van der Waals surface area contributed by atoms with E-state index in [9.17, 15) is 0 Å². The number of aromatic nitrogens is 2. The van der Waals surface area contributed by atoms with Gasteiger partial charge in [0.25, 0.3) is 0 Å². The van der Waals surface area contributed by atoms with Crippen LogP contribution in [0.2, 0.25) is 0 Å². The van der Waals surface area contributed by atoms with Crippen LogP contribution in [0.15, 0.2) is 30.5 Å². The predicted octanol–water partition coefficient (Wildman–Crippen LogP) is 3.87. The van der Waals surface area contributed by atoms with Crippen LogP contribution in [-0.4, -0.2) is 9.55 Å². The highest BCUT2D eigenvalue weighted by Crippen LogP contribution is 2.26. The van der Waals surface area contributed by atoms with E-state index in [0.717, 1.165) is 17.0 Å². The van der Waals surface area contributed by atoms with Crippen LogP contribution in [-0.2, 0) is 0 Å². The summed E-state index contributed by atoms with van der Waals surface area (Å²) >= 11 is 0. The van der Waals surface area contributed by atoms with Crippen LogP contribution in [0, 0.1) is 13.8 Å². The summed E-state index contributed by atoms with van der Waals surface area (Å²) in [5.74, 6) is 0.861. The van der Waals surface area contributed by atoms with E-state index in [1.807, 2.05) is 48.9 Å². The molecule has 0 aliphatic rings. The van der Waals surface area contributed by atoms with Crippen LogP contribution < -0.4 is 4.74 Å². The van der Waals surface area contributed by atoms with Crippen molar-refractivity contribution < 1.29 is 4.74 Å². The van der Waals surface area contributed by atoms with E-state index in [1.54, 1.807) is 0 Å². The number of nitrogens with zero attached hydrogens (tertiary/aromatic N) is 2. The average molecular weight is 230 g/mol. The first-order valence-corrected chi connectivity index (χ1v) is 5.87. The summed E-state index contributed by atoms with van der Waals surface area (Å²) in [6.07, 6.45) is 2.01. The Labute approximate surface area is 102 Å². The summed E-state index contributed by atoms with van der Waals surface area (Å²) < 4.78 is 7.92. The second-order valence-corrected chi connectivity index (χ2v) is 4.53. The molecule has 0 amide bonds. The lowest BCUT2D eigenvalue weighted by atomic mass is 10.2. The Morgan fingerprint density at radius 2 is 1.88 bits per heavy atom. The molecule has 0 bridgehead atoms. The number of hydrogen-bond acceptors (Lipinski definition) is 2. The van der Waals surface area contributed by atoms with Crippen LogP contribution in [0.3, 0.4) is 0 Å². The van der Waals surface area contributed by atoms with Gasteiger partial charge in [0.1, 0.15) is 5.75 Å². The number of benzene rings is 1. The van der Waals surface area contributed by atoms with Gasteiger partial charge in [0, 0.05) is 12.2 Å². The largest absolute Gasteiger partial charge is 0.425 e. The second-order valence-electron chi connectivity index (χ2n) is 4.53. The van der Waals surface area contributed by atoms with Gasteiger partial charge in [-0.1, -0.05) is 18.2 Å². The van der Waals surface area contributed by atoms with Crippen molar-refractivity contribution in [2.45, 2.75) is 33.7 Å². The Morgan fingerprint density at radius 1 is 1.18 bits per heavy atom. The summed E-state index contributed by atoms with van der Waals surface area (Å²) in [5, 5.41) is 0. The molecule has 1 aromatic carbocycles. The molecule has 1 heterocycles. The Balaban J connectivity index is 2.33. The summed E-state index contributed by atoms with van der Waals surface area (Å²) in [5.41, 5.74) is 2.09. The molecule has 0 spiro atoms. The van der Waals surface area contributed by atoms with Gasteiger partial charge < -0.3 is 4.74 Å². The van der Waals surface area contributed by atoms with Crippen molar-refractivity contribution >= 4 is 0 Å². The van der Waals surface area contributed by atoms with Crippen LogP contribution in [0.5, 0.6) is 11.8 Å². The van der Waals surface area contributed by atoms with Crippen LogP contribution in [0.4, 0.5) is 0 Å². The molecule has 0 atom stereocenters. The molecule has 0 aliphatic carbocycles. The average Bonchev–Trinajstić information content (AvgIpc) is 2.63. The number of para-hydroxylation sites is 1. The molecular weight excluding hydrogens is 212 g/mol. The van der Waals surface area contributed by atoms with Gasteiger partial charge in [0.15, 0.2) is 0 Å². The first kappa shape index (κ1) is 11.7. The van der Waals surface area contributed by atoms with Crippen molar-refractivity contribution in [3.8, 4) is 11.8 Å². The SMILES string of the molecule is Cc1cn(C(C)C)c(Oc2ccccc2C)n1. The van der Waals surface area contributed by atoms with E-state index in [2.05, 4.69) is 18.8 Å². The topological polar surface area (TPSA) is 27.1 Å². The minimum atomic E-state index is 0.343. The minimum Gasteiger partial charge on any atom is -0.425 e. The lowest BCUT2D eigenvalue weighted by Gasteiger charge is -2.12. The molecule has 0 radical (unpaired) electrons. The third kappa shape index (κ3) is 2.49. The van der Waals surface area contributed by atoms with Crippen LogP contribution >= 0.6 is 0 Å². The summed E-state index contributed by atoms with van der Waals surface area (Å²) in [6, 6.07) is 8.97. The molecule has 3 heteroatoms. The number of aryl methyl sites for hydroxylation is 2. The molecule has 0 N–H and O–H groups in total. The van der Waals surface area contributed by atoms with Crippen molar-refractivity contribution in [3.05, 3.63) is 41.7 Å². The van der Waals surface area contributed by atoms with Crippen molar-refractivity contribution in [3.63, 3.8) is 0 Å². The summed E-state index contributed by atoms with van der Waals surface area (Å²) in [7, 11) is 0. The van der Waals surface area contributed by atoms with E-state index >= 15 is 0 Å². The standard InChI is InChI=1S/C14H18N2O/c1-10(2)16-9-12(4)15-14(16)17-13-8-6-5-7-11(13)3/h5-10H,1-4H3. The molecule has 2 rings (SSSR count). The number of ether oxygens (including phenoxy) is 1. The van der Waals surface area contributed by atoms with Crippen molar-refractivity contribution in [2.24, 2.45) is 0 Å². The fourth-order valence-electron chi connectivity index (χ4n) is 1.71. The zero-order chi connectivity index (χ0) is 12.4. The monoisotopic (exact) mass is 230 g/mol. The Hall–Kier alpha value is -1.77. The first-order chi connectivity index (χ1) is 8.08. The van der Waals surface area contributed by atoms with Gasteiger partial charge in [-0.15, -0.1) is 0 Å². The second kappa shape index (κ2) is 4.62. The van der Waals surface area contributed by atoms with E-state index in [0.29, 0.717) is 12.1 Å². The van der Waals surface area contributed by atoms with E-state index in [4.69, 9.17) is 4.74 Å². The summed E-state index contributed by atoms with van der Waals surface area (Å²) in [6.45, 7) is 8.24. The first-order valence-electron chi connectivity index (χ1n) is 5.87. The Bertz CT molecular complexity index is 515. The normalized spacial score (nSPS) is 10.9. The van der Waals surface area contributed by atoms with E-state index in [-0.39, 0.29) is 0 Å². The lowest BCUT2D eigenvalue weighted by molar-refractivity contribution is 0.393. The van der Waals surface area contributed by atoms with Crippen molar-refractivity contribution in [2.75, 3.05) is 0 Å². The lowest BCUT2D eigenvalue weighted by Crippen LogP contribution is -2.02. The predicted molar refractivity (Wildman–Crippen MR) is 68.6 cm³/mol. The molecule has 90 valence electrons. The fraction of sp³-hybridized carbons (Fsp3) is 0.357. The molecule has 3 nitrogen and oxygen atoms in total. The zero-order valence-corrected chi connectivity index (χ0v) is 10.8. The maximum Gasteiger partial charge on any atom is 0.302 e. The molecule has 0 fully saturated rings. The smallest absolute Gasteiger partial charge is 0.302 e. The maximum atomic E-state index is 5.87. The molecule has 0 saturated heterocycles. The third-order valence-electron chi connectivity index (χ3n) is 2.67. The molecule has 2 aromatic rings. The highest BCUT2D eigenvalue weighted by Gasteiger charge is 2.11. The molecular formula is C14H18N2O. The van der Waals surface area contributed by atoms with Gasteiger partial charge in [-0.3, -0.25) is 4.57 Å². The summed E-state index contributed by atoms with van der Waals surface area (Å²) in [4.78, 5) is 4.41. The quantitative estimate of drug-likeness (QED) is 0.800. The molecule has 0 saturated carbocycles. The van der Waals surface area contributed by atoms with Gasteiger partial charge in [-0.25, -0.2) is 4.98 Å². The van der Waals surface area contributed by atoms with Crippen molar-refractivity contribution in [1.82, 2.24) is 9.55 Å². The zero-order valence-electron chi connectivity index (χ0n) is 10.8. The molecule has 0 aliphatic heterocycles. The highest BCUT2D eigenvalue weighted by atomic mass is 16.5. The van der Waals surface area contributed by atoms with Gasteiger partial charge in [-0.05, 0) is 39.3 Å². The molecule has 1 aromatic heterocycles. The van der Waals surface area contributed by atoms with E-state index < -0.39 is 0 Å². The van der Waals surface area contributed by atoms with Gasteiger partial charge in [0.2, 0.25) is 0 Å². The van der Waals surface area contributed by atoms with Crippen LogP contribution in [0.1, 0.15) is 31.1 Å². The van der Waals surface area contributed by atoms with Gasteiger partial charge >= 0.3 is 6.01 Å². The fourth-order valence-corrected chi connectivity index (χ4v) is 1.71. The van der Waals surface area contributed by atoms with E-state index in [1.165, 1.54) is 0 Å². The van der Waals surface area contributed by atoms with Crippen LogP contribution in [0.25, 0.3) is 0 Å². The number of imidazole rings is 1. The Kier molecular flexibility index (Phi) is 3.18. The Morgan fingerprint density at radius 3 is 2.53 bits per heavy atom.